The number of hydrogen-bond acceptors (Lipinski definition) is 3. The molecule has 1 aromatic rings. The number of furan rings is 1. The fraction of sp³-hybridized carbons (Fsp3) is 0.600. The zero-order valence-corrected chi connectivity index (χ0v) is 12.8. The van der Waals surface area contributed by atoms with Crippen molar-refractivity contribution in [3.63, 3.8) is 0 Å². The third-order valence-electron chi connectivity index (χ3n) is 3.34. The molecule has 0 radical (unpaired) electrons. The first-order chi connectivity index (χ1) is 9.85. The van der Waals surface area contributed by atoms with E-state index in [4.69, 9.17) is 4.42 Å². The van der Waals surface area contributed by atoms with Crippen molar-refractivity contribution in [2.45, 2.75) is 45.2 Å². The van der Waals surface area contributed by atoms with Crippen LogP contribution in [0, 0.1) is 0 Å². The second-order valence-corrected chi connectivity index (χ2v) is 6.39. The van der Waals surface area contributed by atoms with Crippen LogP contribution in [0.5, 0.6) is 0 Å². The van der Waals surface area contributed by atoms with Crippen LogP contribution in [0.2, 0.25) is 0 Å². The lowest BCUT2D eigenvalue weighted by Crippen LogP contribution is -2.53. The number of nitrogens with zero attached hydrogens (tertiary/aromatic N) is 1. The lowest BCUT2D eigenvalue weighted by molar-refractivity contribution is 0.0889. The van der Waals surface area contributed by atoms with Crippen LogP contribution in [0.4, 0.5) is 4.79 Å². The molecule has 0 aliphatic carbocycles. The van der Waals surface area contributed by atoms with Gasteiger partial charge >= 0.3 is 6.03 Å². The Morgan fingerprint density at radius 1 is 1.29 bits per heavy atom. The largest absolute Gasteiger partial charge is 0.459 e. The molecule has 1 aliphatic rings. The van der Waals surface area contributed by atoms with E-state index in [0.717, 1.165) is 12.8 Å². The average Bonchev–Trinajstić information content (AvgIpc) is 2.91. The van der Waals surface area contributed by atoms with Gasteiger partial charge in [0.25, 0.3) is 5.91 Å². The van der Waals surface area contributed by atoms with E-state index in [1.54, 1.807) is 17.0 Å². The molecule has 0 saturated carbocycles. The summed E-state index contributed by atoms with van der Waals surface area (Å²) in [4.78, 5) is 25.7. The van der Waals surface area contributed by atoms with Gasteiger partial charge in [-0.05, 0) is 45.7 Å². The first-order valence-corrected chi connectivity index (χ1v) is 7.26. The number of amides is 3. The molecule has 0 unspecified atom stereocenters. The summed E-state index contributed by atoms with van der Waals surface area (Å²) in [6.07, 6.45) is 2.99. The number of piperidine rings is 1. The highest BCUT2D eigenvalue weighted by Crippen LogP contribution is 2.13. The van der Waals surface area contributed by atoms with Gasteiger partial charge in [0.1, 0.15) is 0 Å². The highest BCUT2D eigenvalue weighted by molar-refractivity contribution is 5.91. The maximum absolute atomic E-state index is 12.0. The summed E-state index contributed by atoms with van der Waals surface area (Å²) in [5, 5.41) is 5.89. The minimum Gasteiger partial charge on any atom is -0.459 e. The Labute approximate surface area is 124 Å². The number of hydrogen-bond donors (Lipinski definition) is 2. The molecule has 2 N–H and O–H groups in total. The van der Waals surface area contributed by atoms with Crippen LogP contribution in [0.3, 0.4) is 0 Å². The Balaban J connectivity index is 1.78. The van der Waals surface area contributed by atoms with Gasteiger partial charge in [0.15, 0.2) is 5.76 Å². The Kier molecular flexibility index (Phi) is 4.55. The molecule has 1 aromatic heterocycles. The number of likely N-dealkylation sites (tertiary alicyclic amines) is 1. The van der Waals surface area contributed by atoms with Crippen LogP contribution in [0.15, 0.2) is 22.8 Å². The molecule has 6 heteroatoms. The van der Waals surface area contributed by atoms with Crippen molar-refractivity contribution in [3.8, 4) is 0 Å². The molecule has 1 saturated heterocycles. The summed E-state index contributed by atoms with van der Waals surface area (Å²) in [6, 6.07) is 3.37. The minimum absolute atomic E-state index is 0.0432. The second-order valence-electron chi connectivity index (χ2n) is 6.39. The van der Waals surface area contributed by atoms with Crippen molar-refractivity contribution in [2.75, 3.05) is 13.1 Å². The van der Waals surface area contributed by atoms with Gasteiger partial charge in [-0.25, -0.2) is 4.79 Å². The Bertz CT molecular complexity index is 483. The van der Waals surface area contributed by atoms with E-state index in [-0.39, 0.29) is 23.5 Å². The van der Waals surface area contributed by atoms with Crippen LogP contribution in [-0.4, -0.2) is 41.5 Å². The van der Waals surface area contributed by atoms with E-state index in [1.807, 2.05) is 20.8 Å². The highest BCUT2D eigenvalue weighted by atomic mass is 16.3. The minimum atomic E-state index is -0.235. The fourth-order valence-electron chi connectivity index (χ4n) is 2.29. The summed E-state index contributed by atoms with van der Waals surface area (Å²) in [5.41, 5.74) is -0.235. The zero-order chi connectivity index (χ0) is 15.5. The Hall–Kier alpha value is -1.98. The lowest BCUT2D eigenvalue weighted by Gasteiger charge is -2.34. The summed E-state index contributed by atoms with van der Waals surface area (Å²) >= 11 is 0. The zero-order valence-electron chi connectivity index (χ0n) is 12.8. The predicted molar refractivity (Wildman–Crippen MR) is 79.1 cm³/mol. The second kappa shape index (κ2) is 6.20. The molecule has 0 aromatic carbocycles. The number of nitrogens with one attached hydrogen (secondary N) is 2. The molecular weight excluding hydrogens is 270 g/mol. The molecule has 0 bridgehead atoms. The lowest BCUT2D eigenvalue weighted by atomic mass is 10.0. The van der Waals surface area contributed by atoms with E-state index < -0.39 is 0 Å². The van der Waals surface area contributed by atoms with Crippen molar-refractivity contribution in [1.29, 1.82) is 0 Å². The summed E-state index contributed by atoms with van der Waals surface area (Å²) < 4.78 is 5.06. The topological polar surface area (TPSA) is 74.6 Å². The number of rotatable bonds is 2. The normalized spacial score (nSPS) is 16.6. The number of carbonyl (C=O) groups is 2. The van der Waals surface area contributed by atoms with Gasteiger partial charge in [0, 0.05) is 24.7 Å². The monoisotopic (exact) mass is 293 g/mol. The van der Waals surface area contributed by atoms with Crippen LogP contribution < -0.4 is 10.6 Å². The molecule has 1 aliphatic heterocycles. The van der Waals surface area contributed by atoms with Crippen molar-refractivity contribution in [2.24, 2.45) is 0 Å². The first-order valence-electron chi connectivity index (χ1n) is 7.26. The SMILES string of the molecule is CC(C)(C)NC(=O)N1CCC(NC(=O)c2ccco2)CC1. The first kappa shape index (κ1) is 15.4. The molecule has 0 spiro atoms. The number of urea groups is 1. The molecule has 2 heterocycles. The molecular formula is C15H23N3O3. The highest BCUT2D eigenvalue weighted by Gasteiger charge is 2.26. The molecule has 0 atom stereocenters. The maximum Gasteiger partial charge on any atom is 0.317 e. The van der Waals surface area contributed by atoms with E-state index in [2.05, 4.69) is 10.6 Å². The van der Waals surface area contributed by atoms with Gasteiger partial charge < -0.3 is 20.0 Å². The van der Waals surface area contributed by atoms with Crippen molar-refractivity contribution in [1.82, 2.24) is 15.5 Å². The van der Waals surface area contributed by atoms with Gasteiger partial charge in [0.2, 0.25) is 0 Å². The standard InChI is InChI=1S/C15H23N3O3/c1-15(2,3)17-14(20)18-8-6-11(7-9-18)16-13(19)12-5-4-10-21-12/h4-5,10-11H,6-9H2,1-3H3,(H,16,19)(H,17,20). The van der Waals surface area contributed by atoms with E-state index >= 15 is 0 Å². The van der Waals surface area contributed by atoms with Crippen LogP contribution in [0.25, 0.3) is 0 Å². The quantitative estimate of drug-likeness (QED) is 0.875. The number of carbonyl (C=O) groups excluding carboxylic acids is 2. The Morgan fingerprint density at radius 2 is 1.95 bits per heavy atom. The van der Waals surface area contributed by atoms with Gasteiger partial charge in [-0.2, -0.15) is 0 Å². The predicted octanol–water partition coefficient (Wildman–Crippen LogP) is 1.98. The van der Waals surface area contributed by atoms with Crippen LogP contribution in [-0.2, 0) is 0 Å². The van der Waals surface area contributed by atoms with Crippen molar-refractivity contribution >= 4 is 11.9 Å². The average molecular weight is 293 g/mol. The summed E-state index contributed by atoms with van der Waals surface area (Å²) in [5.74, 6) is 0.125. The van der Waals surface area contributed by atoms with Gasteiger partial charge in [-0.1, -0.05) is 0 Å². The van der Waals surface area contributed by atoms with Crippen LogP contribution in [0.1, 0.15) is 44.2 Å². The van der Waals surface area contributed by atoms with E-state index in [9.17, 15) is 9.59 Å². The smallest absolute Gasteiger partial charge is 0.317 e. The molecule has 1 fully saturated rings. The summed E-state index contributed by atoms with van der Waals surface area (Å²) in [6.45, 7) is 7.17. The molecule has 21 heavy (non-hydrogen) atoms. The van der Waals surface area contributed by atoms with Crippen LogP contribution >= 0.6 is 0 Å². The van der Waals surface area contributed by atoms with Gasteiger partial charge in [0.05, 0.1) is 6.26 Å². The third-order valence-corrected chi connectivity index (χ3v) is 3.34. The molecule has 6 nitrogen and oxygen atoms in total. The maximum atomic E-state index is 12.0. The fourth-order valence-corrected chi connectivity index (χ4v) is 2.29. The van der Waals surface area contributed by atoms with E-state index in [1.165, 1.54) is 6.26 Å². The molecule has 2 rings (SSSR count). The van der Waals surface area contributed by atoms with Crippen molar-refractivity contribution < 1.29 is 14.0 Å². The van der Waals surface area contributed by atoms with Gasteiger partial charge in [-0.15, -0.1) is 0 Å². The summed E-state index contributed by atoms with van der Waals surface area (Å²) in [7, 11) is 0. The third kappa shape index (κ3) is 4.51. The Morgan fingerprint density at radius 3 is 2.48 bits per heavy atom. The van der Waals surface area contributed by atoms with E-state index in [0.29, 0.717) is 18.8 Å². The molecule has 116 valence electrons. The van der Waals surface area contributed by atoms with Gasteiger partial charge in [-0.3, -0.25) is 4.79 Å². The molecule has 3 amide bonds. The van der Waals surface area contributed by atoms with Crippen molar-refractivity contribution in [3.05, 3.63) is 24.2 Å².